The highest BCUT2D eigenvalue weighted by atomic mass is 35.5. The summed E-state index contributed by atoms with van der Waals surface area (Å²) in [5, 5.41) is 8.03. The van der Waals surface area contributed by atoms with Crippen LogP contribution in [0.5, 0.6) is 0 Å². The van der Waals surface area contributed by atoms with E-state index in [1.165, 1.54) is 6.07 Å². The van der Waals surface area contributed by atoms with E-state index in [-0.39, 0.29) is 16.9 Å². The van der Waals surface area contributed by atoms with Crippen LogP contribution in [0.2, 0.25) is 5.02 Å². The van der Waals surface area contributed by atoms with Crippen molar-refractivity contribution in [2.45, 2.75) is 32.7 Å². The second kappa shape index (κ2) is 7.05. The van der Waals surface area contributed by atoms with Gasteiger partial charge in [-0.3, -0.25) is 4.68 Å². The van der Waals surface area contributed by atoms with Crippen molar-refractivity contribution in [2.24, 2.45) is 7.05 Å². The number of hydrogen-bond acceptors (Lipinski definition) is 2. The summed E-state index contributed by atoms with van der Waals surface area (Å²) in [5.41, 5.74) is 3.13. The van der Waals surface area contributed by atoms with Gasteiger partial charge in [0.1, 0.15) is 5.82 Å². The maximum absolute atomic E-state index is 13.3. The molecule has 0 amide bonds. The molecule has 21 heavy (non-hydrogen) atoms. The van der Waals surface area contributed by atoms with E-state index >= 15 is 0 Å². The number of rotatable bonds is 6. The van der Waals surface area contributed by atoms with Gasteiger partial charge < -0.3 is 5.32 Å². The van der Waals surface area contributed by atoms with Crippen molar-refractivity contribution in [3.8, 4) is 0 Å². The molecule has 1 unspecified atom stereocenters. The van der Waals surface area contributed by atoms with E-state index in [4.69, 9.17) is 11.6 Å². The van der Waals surface area contributed by atoms with Crippen LogP contribution >= 0.6 is 11.6 Å². The molecule has 1 atom stereocenters. The Hall–Kier alpha value is -1.39. The topological polar surface area (TPSA) is 29.9 Å². The van der Waals surface area contributed by atoms with Gasteiger partial charge in [0.2, 0.25) is 0 Å². The van der Waals surface area contributed by atoms with Crippen molar-refractivity contribution in [1.29, 1.82) is 0 Å². The van der Waals surface area contributed by atoms with Gasteiger partial charge in [0.15, 0.2) is 0 Å². The van der Waals surface area contributed by atoms with E-state index in [0.29, 0.717) is 0 Å². The minimum absolute atomic E-state index is 0.0952. The number of benzene rings is 1. The van der Waals surface area contributed by atoms with Crippen LogP contribution in [0.25, 0.3) is 0 Å². The first-order valence-corrected chi connectivity index (χ1v) is 7.57. The third kappa shape index (κ3) is 4.05. The Labute approximate surface area is 130 Å². The van der Waals surface area contributed by atoms with E-state index in [1.807, 2.05) is 18.7 Å². The minimum Gasteiger partial charge on any atom is -0.310 e. The number of nitrogens with one attached hydrogen (secondary N) is 1. The predicted octanol–water partition coefficient (Wildman–Crippen LogP) is 3.80. The van der Waals surface area contributed by atoms with Gasteiger partial charge in [0.25, 0.3) is 0 Å². The summed E-state index contributed by atoms with van der Waals surface area (Å²) in [7, 11) is 1.94. The summed E-state index contributed by atoms with van der Waals surface area (Å²) in [5.74, 6) is -0.383. The molecule has 0 fully saturated rings. The van der Waals surface area contributed by atoms with E-state index < -0.39 is 0 Å². The SMILES string of the molecule is CCCNC(Cc1cc(C)nn1C)c1ccc(F)c(Cl)c1. The molecule has 0 aliphatic rings. The Kier molecular flexibility index (Phi) is 5.37. The third-order valence-electron chi connectivity index (χ3n) is 3.50. The summed E-state index contributed by atoms with van der Waals surface area (Å²) in [6.07, 6.45) is 1.83. The summed E-state index contributed by atoms with van der Waals surface area (Å²) >= 11 is 5.91. The lowest BCUT2D eigenvalue weighted by atomic mass is 10.0. The first kappa shape index (κ1) is 16.0. The van der Waals surface area contributed by atoms with Gasteiger partial charge in [-0.15, -0.1) is 0 Å². The monoisotopic (exact) mass is 309 g/mol. The Morgan fingerprint density at radius 3 is 2.71 bits per heavy atom. The number of nitrogens with zero attached hydrogens (tertiary/aromatic N) is 2. The molecule has 114 valence electrons. The molecule has 0 aliphatic carbocycles. The Balaban J connectivity index is 2.24. The van der Waals surface area contributed by atoms with Crippen molar-refractivity contribution in [3.05, 3.63) is 52.1 Å². The molecule has 1 N–H and O–H groups in total. The second-order valence-corrected chi connectivity index (χ2v) is 5.69. The average molecular weight is 310 g/mol. The van der Waals surface area contributed by atoms with E-state index in [2.05, 4.69) is 23.4 Å². The van der Waals surface area contributed by atoms with Crippen LogP contribution in [0.15, 0.2) is 24.3 Å². The number of aromatic nitrogens is 2. The second-order valence-electron chi connectivity index (χ2n) is 5.29. The van der Waals surface area contributed by atoms with Gasteiger partial charge >= 0.3 is 0 Å². The van der Waals surface area contributed by atoms with Crippen molar-refractivity contribution < 1.29 is 4.39 Å². The maximum atomic E-state index is 13.3. The molecular weight excluding hydrogens is 289 g/mol. The highest BCUT2D eigenvalue weighted by Crippen LogP contribution is 2.24. The van der Waals surface area contributed by atoms with Crippen molar-refractivity contribution in [1.82, 2.24) is 15.1 Å². The lowest BCUT2D eigenvalue weighted by Crippen LogP contribution is -2.25. The first-order valence-electron chi connectivity index (χ1n) is 7.19. The van der Waals surface area contributed by atoms with Crippen LogP contribution in [0.3, 0.4) is 0 Å². The minimum atomic E-state index is -0.383. The lowest BCUT2D eigenvalue weighted by Gasteiger charge is -2.19. The maximum Gasteiger partial charge on any atom is 0.141 e. The van der Waals surface area contributed by atoms with Crippen LogP contribution < -0.4 is 5.32 Å². The van der Waals surface area contributed by atoms with Gasteiger partial charge in [0, 0.05) is 25.2 Å². The third-order valence-corrected chi connectivity index (χ3v) is 3.79. The van der Waals surface area contributed by atoms with Gasteiger partial charge in [-0.05, 0) is 43.7 Å². The molecule has 0 radical (unpaired) electrons. The highest BCUT2D eigenvalue weighted by molar-refractivity contribution is 6.30. The predicted molar refractivity (Wildman–Crippen MR) is 84.1 cm³/mol. The molecule has 1 aromatic heterocycles. The van der Waals surface area contributed by atoms with Crippen LogP contribution in [-0.4, -0.2) is 16.3 Å². The smallest absolute Gasteiger partial charge is 0.141 e. The number of hydrogen-bond donors (Lipinski definition) is 1. The fourth-order valence-electron chi connectivity index (χ4n) is 2.42. The molecule has 0 saturated carbocycles. The molecule has 2 aromatic rings. The highest BCUT2D eigenvalue weighted by Gasteiger charge is 2.15. The summed E-state index contributed by atoms with van der Waals surface area (Å²) in [4.78, 5) is 0. The fourth-order valence-corrected chi connectivity index (χ4v) is 2.61. The molecule has 0 aliphatic heterocycles. The molecule has 0 saturated heterocycles. The molecule has 1 aromatic carbocycles. The van der Waals surface area contributed by atoms with Gasteiger partial charge in [-0.25, -0.2) is 4.39 Å². The van der Waals surface area contributed by atoms with Crippen molar-refractivity contribution in [2.75, 3.05) is 6.54 Å². The van der Waals surface area contributed by atoms with Gasteiger partial charge in [-0.2, -0.15) is 5.10 Å². The first-order chi connectivity index (χ1) is 10.0. The molecule has 1 heterocycles. The van der Waals surface area contributed by atoms with Gasteiger partial charge in [-0.1, -0.05) is 24.6 Å². The van der Waals surface area contributed by atoms with Crippen molar-refractivity contribution in [3.63, 3.8) is 0 Å². The number of aryl methyl sites for hydroxylation is 2. The Bertz CT molecular complexity index is 610. The van der Waals surface area contributed by atoms with Crippen LogP contribution in [0.4, 0.5) is 4.39 Å². The molecule has 2 rings (SSSR count). The average Bonchev–Trinajstić information content (AvgIpc) is 2.76. The lowest BCUT2D eigenvalue weighted by molar-refractivity contribution is 0.511. The quantitative estimate of drug-likeness (QED) is 0.879. The van der Waals surface area contributed by atoms with Crippen LogP contribution in [-0.2, 0) is 13.5 Å². The Morgan fingerprint density at radius 1 is 1.38 bits per heavy atom. The van der Waals surface area contributed by atoms with E-state index in [9.17, 15) is 4.39 Å². The zero-order valence-corrected chi connectivity index (χ0v) is 13.4. The molecule has 0 spiro atoms. The standard InChI is InChI=1S/C16H21ClFN3/c1-4-7-19-16(10-13-8-11(2)20-21(13)3)12-5-6-15(18)14(17)9-12/h5-6,8-9,16,19H,4,7,10H2,1-3H3. The summed E-state index contributed by atoms with van der Waals surface area (Å²) < 4.78 is 15.2. The normalized spacial score (nSPS) is 12.6. The van der Waals surface area contributed by atoms with Crippen molar-refractivity contribution >= 4 is 11.6 Å². The van der Waals surface area contributed by atoms with E-state index in [0.717, 1.165) is 36.3 Å². The Morgan fingerprint density at radius 2 is 2.14 bits per heavy atom. The van der Waals surface area contributed by atoms with Crippen LogP contribution in [0.1, 0.15) is 36.3 Å². The molecule has 3 nitrogen and oxygen atoms in total. The summed E-state index contributed by atoms with van der Waals surface area (Å²) in [6.45, 7) is 5.00. The molecular formula is C16H21ClFN3. The summed E-state index contributed by atoms with van der Waals surface area (Å²) in [6, 6.07) is 7.09. The zero-order valence-electron chi connectivity index (χ0n) is 12.7. The largest absolute Gasteiger partial charge is 0.310 e. The van der Waals surface area contributed by atoms with E-state index in [1.54, 1.807) is 12.1 Å². The zero-order chi connectivity index (χ0) is 15.4. The van der Waals surface area contributed by atoms with Gasteiger partial charge in [0.05, 0.1) is 10.7 Å². The molecule has 5 heteroatoms. The molecule has 0 bridgehead atoms. The number of halogens is 2. The van der Waals surface area contributed by atoms with Crippen LogP contribution in [0, 0.1) is 12.7 Å². The fraction of sp³-hybridized carbons (Fsp3) is 0.438.